The van der Waals surface area contributed by atoms with Crippen LogP contribution in [0.25, 0.3) is 0 Å². The molecule has 0 unspecified atom stereocenters. The topological polar surface area (TPSA) is 101 Å². The SMILES string of the molecule is CC(=O)c1ccc(S(=O)(=O)Nc2ccccc2CCc2cccc(C(=O)O)c2)cc1. The Bertz CT molecular complexity index is 1180. The van der Waals surface area contributed by atoms with Gasteiger partial charge in [0.25, 0.3) is 10.0 Å². The summed E-state index contributed by atoms with van der Waals surface area (Å²) < 4.78 is 28.1. The number of aromatic carboxylic acids is 1. The van der Waals surface area contributed by atoms with Crippen LogP contribution in [0.15, 0.2) is 77.7 Å². The summed E-state index contributed by atoms with van der Waals surface area (Å²) in [5.41, 5.74) is 2.77. The predicted octanol–water partition coefficient (Wildman–Crippen LogP) is 4.17. The van der Waals surface area contributed by atoms with E-state index in [1.807, 2.05) is 18.2 Å². The van der Waals surface area contributed by atoms with Crippen molar-refractivity contribution in [2.75, 3.05) is 4.72 Å². The molecule has 0 aromatic heterocycles. The van der Waals surface area contributed by atoms with Crippen LogP contribution in [0.1, 0.15) is 38.8 Å². The summed E-state index contributed by atoms with van der Waals surface area (Å²) in [6, 6.07) is 19.5. The van der Waals surface area contributed by atoms with Crippen LogP contribution >= 0.6 is 0 Å². The molecule has 0 amide bonds. The molecule has 6 nitrogen and oxygen atoms in total. The highest BCUT2D eigenvalue weighted by molar-refractivity contribution is 7.92. The Kier molecular flexibility index (Phi) is 6.32. The summed E-state index contributed by atoms with van der Waals surface area (Å²) in [7, 11) is -3.82. The lowest BCUT2D eigenvalue weighted by Gasteiger charge is -2.13. The molecule has 0 aliphatic heterocycles. The van der Waals surface area contributed by atoms with E-state index in [2.05, 4.69) is 4.72 Å². The second-order valence-corrected chi connectivity index (χ2v) is 8.53. The highest BCUT2D eigenvalue weighted by Gasteiger charge is 2.16. The molecule has 0 aliphatic rings. The molecule has 3 aromatic rings. The number of carbonyl (C=O) groups is 2. The molecule has 0 saturated heterocycles. The van der Waals surface area contributed by atoms with Crippen molar-refractivity contribution in [3.63, 3.8) is 0 Å². The number of hydrogen-bond acceptors (Lipinski definition) is 4. The highest BCUT2D eigenvalue weighted by atomic mass is 32.2. The summed E-state index contributed by atoms with van der Waals surface area (Å²) in [5.74, 6) is -1.12. The van der Waals surface area contributed by atoms with Gasteiger partial charge in [-0.1, -0.05) is 42.5 Å². The number of carboxylic acid groups (broad SMARTS) is 1. The summed E-state index contributed by atoms with van der Waals surface area (Å²) >= 11 is 0. The Labute approximate surface area is 175 Å². The molecule has 0 atom stereocenters. The number of carbonyl (C=O) groups excluding carboxylic acids is 1. The van der Waals surface area contributed by atoms with E-state index < -0.39 is 16.0 Å². The monoisotopic (exact) mass is 423 g/mol. The quantitative estimate of drug-likeness (QED) is 0.530. The third-order valence-corrected chi connectivity index (χ3v) is 6.07. The zero-order valence-electron chi connectivity index (χ0n) is 16.3. The van der Waals surface area contributed by atoms with Crippen LogP contribution < -0.4 is 4.72 Å². The lowest BCUT2D eigenvalue weighted by molar-refractivity contribution is 0.0696. The van der Waals surface area contributed by atoms with Gasteiger partial charge in [-0.15, -0.1) is 0 Å². The van der Waals surface area contributed by atoms with Crippen LogP contribution in [-0.4, -0.2) is 25.3 Å². The minimum atomic E-state index is -3.82. The van der Waals surface area contributed by atoms with E-state index in [0.29, 0.717) is 24.1 Å². The molecule has 0 radical (unpaired) electrons. The summed E-state index contributed by atoms with van der Waals surface area (Å²) in [5, 5.41) is 9.13. The second-order valence-electron chi connectivity index (χ2n) is 6.85. The van der Waals surface area contributed by atoms with Crippen LogP contribution in [0.5, 0.6) is 0 Å². The van der Waals surface area contributed by atoms with Gasteiger partial charge in [0.1, 0.15) is 0 Å². The van der Waals surface area contributed by atoms with Crippen LogP contribution in [0.4, 0.5) is 5.69 Å². The van der Waals surface area contributed by atoms with Crippen molar-refractivity contribution in [1.82, 2.24) is 0 Å². The van der Waals surface area contributed by atoms with Crippen molar-refractivity contribution < 1.29 is 23.1 Å². The average Bonchev–Trinajstić information content (AvgIpc) is 2.73. The van der Waals surface area contributed by atoms with Crippen molar-refractivity contribution in [3.8, 4) is 0 Å². The van der Waals surface area contributed by atoms with Gasteiger partial charge in [-0.3, -0.25) is 9.52 Å². The number of para-hydroxylation sites is 1. The number of hydrogen-bond donors (Lipinski definition) is 2. The Morgan fingerprint density at radius 1 is 0.867 bits per heavy atom. The molecule has 2 N–H and O–H groups in total. The highest BCUT2D eigenvalue weighted by Crippen LogP contribution is 2.22. The first-order valence-corrected chi connectivity index (χ1v) is 10.8. The van der Waals surface area contributed by atoms with Crippen LogP contribution in [0.2, 0.25) is 0 Å². The van der Waals surface area contributed by atoms with E-state index in [4.69, 9.17) is 5.11 Å². The standard InChI is InChI=1S/C23H21NO5S/c1-16(25)18-11-13-21(14-12-18)30(28,29)24-22-8-3-2-6-19(22)10-9-17-5-4-7-20(15-17)23(26)27/h2-8,11-15,24H,9-10H2,1H3,(H,26,27). The summed E-state index contributed by atoms with van der Waals surface area (Å²) in [4.78, 5) is 22.6. The van der Waals surface area contributed by atoms with Gasteiger partial charge in [0.15, 0.2) is 5.78 Å². The van der Waals surface area contributed by atoms with E-state index >= 15 is 0 Å². The predicted molar refractivity (Wildman–Crippen MR) is 115 cm³/mol. The average molecular weight is 423 g/mol. The van der Waals surface area contributed by atoms with Crippen LogP contribution in [-0.2, 0) is 22.9 Å². The minimum absolute atomic E-state index is 0.0662. The number of nitrogens with one attached hydrogen (secondary N) is 1. The van der Waals surface area contributed by atoms with Gasteiger partial charge in [0, 0.05) is 5.56 Å². The van der Waals surface area contributed by atoms with Crippen molar-refractivity contribution in [2.24, 2.45) is 0 Å². The molecule has 154 valence electrons. The number of sulfonamides is 1. The first kappa shape index (κ1) is 21.3. The Morgan fingerprint density at radius 2 is 1.57 bits per heavy atom. The number of benzene rings is 3. The van der Waals surface area contributed by atoms with Gasteiger partial charge in [-0.25, -0.2) is 13.2 Å². The minimum Gasteiger partial charge on any atom is -0.478 e. The fourth-order valence-electron chi connectivity index (χ4n) is 3.05. The van der Waals surface area contributed by atoms with Gasteiger partial charge in [-0.05, 0) is 61.2 Å². The maximum atomic E-state index is 12.8. The number of anilines is 1. The van der Waals surface area contributed by atoms with Crippen LogP contribution in [0.3, 0.4) is 0 Å². The smallest absolute Gasteiger partial charge is 0.335 e. The molecule has 0 saturated carbocycles. The zero-order chi connectivity index (χ0) is 21.7. The number of aryl methyl sites for hydroxylation is 2. The molecule has 0 aliphatic carbocycles. The largest absolute Gasteiger partial charge is 0.478 e. The number of Topliss-reactive ketones (excluding diaryl/α,β-unsaturated/α-hetero) is 1. The van der Waals surface area contributed by atoms with E-state index in [0.717, 1.165) is 11.1 Å². The summed E-state index contributed by atoms with van der Waals surface area (Å²) in [6.45, 7) is 1.42. The molecule has 0 fully saturated rings. The van der Waals surface area contributed by atoms with E-state index in [1.165, 1.54) is 37.3 Å². The Balaban J connectivity index is 1.78. The van der Waals surface area contributed by atoms with Gasteiger partial charge >= 0.3 is 5.97 Å². The third-order valence-electron chi connectivity index (χ3n) is 4.69. The Morgan fingerprint density at radius 3 is 2.23 bits per heavy atom. The van der Waals surface area contributed by atoms with Gasteiger partial charge in [0.2, 0.25) is 0 Å². The number of rotatable bonds is 8. The second kappa shape index (κ2) is 8.92. The number of ketones is 1. The van der Waals surface area contributed by atoms with Crippen molar-refractivity contribution in [2.45, 2.75) is 24.7 Å². The summed E-state index contributed by atoms with van der Waals surface area (Å²) in [6.07, 6.45) is 1.10. The van der Waals surface area contributed by atoms with Crippen molar-refractivity contribution in [3.05, 3.63) is 95.1 Å². The maximum absolute atomic E-state index is 12.8. The first-order chi connectivity index (χ1) is 14.3. The van der Waals surface area contributed by atoms with Crippen LogP contribution in [0, 0.1) is 0 Å². The zero-order valence-corrected chi connectivity index (χ0v) is 17.1. The fraction of sp³-hybridized carbons (Fsp3) is 0.130. The van der Waals surface area contributed by atoms with E-state index in [9.17, 15) is 18.0 Å². The van der Waals surface area contributed by atoms with Gasteiger partial charge in [0.05, 0.1) is 16.1 Å². The molecule has 0 spiro atoms. The third kappa shape index (κ3) is 5.12. The van der Waals surface area contributed by atoms with Crippen molar-refractivity contribution >= 4 is 27.5 Å². The maximum Gasteiger partial charge on any atom is 0.335 e. The normalized spacial score (nSPS) is 11.1. The van der Waals surface area contributed by atoms with Gasteiger partial charge in [-0.2, -0.15) is 0 Å². The molecule has 3 aromatic carbocycles. The first-order valence-electron chi connectivity index (χ1n) is 9.30. The van der Waals surface area contributed by atoms with E-state index in [1.54, 1.807) is 24.3 Å². The lowest BCUT2D eigenvalue weighted by atomic mass is 10.0. The lowest BCUT2D eigenvalue weighted by Crippen LogP contribution is -2.14. The molecule has 3 rings (SSSR count). The molecular formula is C23H21NO5S. The van der Waals surface area contributed by atoms with Gasteiger partial charge < -0.3 is 5.11 Å². The fourth-order valence-corrected chi connectivity index (χ4v) is 4.15. The molecule has 0 heterocycles. The molecular weight excluding hydrogens is 402 g/mol. The molecule has 30 heavy (non-hydrogen) atoms. The van der Waals surface area contributed by atoms with Crippen molar-refractivity contribution in [1.29, 1.82) is 0 Å². The van der Waals surface area contributed by atoms with E-state index in [-0.39, 0.29) is 16.2 Å². The molecule has 7 heteroatoms. The Hall–Kier alpha value is -3.45. The number of carboxylic acids is 1. The molecule has 0 bridgehead atoms.